The maximum Gasteiger partial charge on any atom is 0.262 e. The molecule has 4 rings (SSSR count). The van der Waals surface area contributed by atoms with Crippen molar-refractivity contribution in [3.05, 3.63) is 76.3 Å². The van der Waals surface area contributed by atoms with E-state index in [4.69, 9.17) is 16.3 Å². The van der Waals surface area contributed by atoms with E-state index in [1.807, 2.05) is 44.2 Å². The Morgan fingerprint density at radius 2 is 1.79 bits per heavy atom. The van der Waals surface area contributed by atoms with Gasteiger partial charge in [0.1, 0.15) is 16.8 Å². The number of benzene rings is 3. The largest absolute Gasteiger partial charge is 0.483 e. The van der Waals surface area contributed by atoms with Crippen molar-refractivity contribution in [1.29, 1.82) is 0 Å². The average Bonchev–Trinajstić information content (AvgIpc) is 3.22. The zero-order valence-electron chi connectivity index (χ0n) is 19.1. The summed E-state index contributed by atoms with van der Waals surface area (Å²) in [6.45, 7) is 6.05. The minimum atomic E-state index is -0.299. The lowest BCUT2D eigenvalue weighted by Gasteiger charge is -2.11. The van der Waals surface area contributed by atoms with Crippen molar-refractivity contribution < 1.29 is 9.53 Å². The van der Waals surface area contributed by atoms with Crippen molar-refractivity contribution in [3.8, 4) is 11.4 Å². The van der Waals surface area contributed by atoms with E-state index < -0.39 is 0 Å². The molecule has 3 aromatic carbocycles. The highest BCUT2D eigenvalue weighted by Crippen LogP contribution is 2.27. The van der Waals surface area contributed by atoms with Crippen molar-refractivity contribution in [3.63, 3.8) is 0 Å². The molecule has 1 aromatic heterocycles. The third kappa shape index (κ3) is 5.34. The van der Waals surface area contributed by atoms with Crippen LogP contribution in [-0.4, -0.2) is 27.5 Å². The fourth-order valence-electron chi connectivity index (χ4n) is 3.54. The number of halogens is 1. The maximum atomic E-state index is 12.5. The molecule has 0 atom stereocenters. The molecule has 0 fully saturated rings. The number of nitrogens with zero attached hydrogens (tertiary/aromatic N) is 3. The number of amides is 1. The molecule has 0 saturated heterocycles. The third-order valence-electron chi connectivity index (χ3n) is 5.64. The highest BCUT2D eigenvalue weighted by molar-refractivity contribution is 6.34. The van der Waals surface area contributed by atoms with Gasteiger partial charge in [-0.3, -0.25) is 4.79 Å². The first-order valence-electron chi connectivity index (χ1n) is 11.1. The molecular formula is C26H27ClN4O2. The molecule has 0 saturated carbocycles. The number of aromatic nitrogens is 3. The minimum absolute atomic E-state index is 0.115. The summed E-state index contributed by atoms with van der Waals surface area (Å²) in [7, 11) is 0. The number of carbonyl (C=O) groups excluding carboxylic acids is 1. The van der Waals surface area contributed by atoms with Crippen molar-refractivity contribution in [2.75, 3.05) is 11.9 Å². The lowest BCUT2D eigenvalue weighted by Crippen LogP contribution is -2.20. The summed E-state index contributed by atoms with van der Waals surface area (Å²) in [5, 5.41) is 12.3. The van der Waals surface area contributed by atoms with Gasteiger partial charge in [-0.25, -0.2) is 0 Å². The summed E-state index contributed by atoms with van der Waals surface area (Å²) >= 11 is 6.40. The summed E-state index contributed by atoms with van der Waals surface area (Å²) in [6, 6.07) is 17.4. The van der Waals surface area contributed by atoms with Crippen LogP contribution in [0.25, 0.3) is 16.7 Å². The predicted octanol–water partition coefficient (Wildman–Crippen LogP) is 6.05. The van der Waals surface area contributed by atoms with Crippen molar-refractivity contribution in [2.45, 2.75) is 40.0 Å². The zero-order chi connectivity index (χ0) is 23.4. The van der Waals surface area contributed by atoms with Gasteiger partial charge in [0.2, 0.25) is 0 Å². The molecule has 0 aliphatic heterocycles. The molecule has 6 nitrogen and oxygen atoms in total. The molecule has 0 bridgehead atoms. The van der Waals surface area contributed by atoms with Gasteiger partial charge in [0, 0.05) is 0 Å². The summed E-state index contributed by atoms with van der Waals surface area (Å²) in [5.74, 6) is 0.391. The second-order valence-electron chi connectivity index (χ2n) is 8.12. The fraction of sp³-hybridized carbons (Fsp3) is 0.269. The second kappa shape index (κ2) is 10.0. The quantitative estimate of drug-likeness (QED) is 0.346. The Morgan fingerprint density at radius 3 is 2.52 bits per heavy atom. The molecule has 170 valence electrons. The van der Waals surface area contributed by atoms with Gasteiger partial charge >= 0.3 is 0 Å². The Kier molecular flexibility index (Phi) is 6.94. The van der Waals surface area contributed by atoms with Crippen LogP contribution in [0.4, 0.5) is 5.69 Å². The molecule has 0 radical (unpaired) electrons. The van der Waals surface area contributed by atoms with Crippen molar-refractivity contribution in [1.82, 2.24) is 15.0 Å². The highest BCUT2D eigenvalue weighted by atomic mass is 35.5. The van der Waals surface area contributed by atoms with Crippen LogP contribution in [0.15, 0.2) is 54.6 Å². The lowest BCUT2D eigenvalue weighted by molar-refractivity contribution is -0.118. The molecule has 7 heteroatoms. The number of rotatable bonds is 8. The number of hydrogen-bond acceptors (Lipinski definition) is 4. The van der Waals surface area contributed by atoms with E-state index >= 15 is 0 Å². The van der Waals surface area contributed by atoms with Gasteiger partial charge in [-0.2, -0.15) is 4.80 Å². The van der Waals surface area contributed by atoms with E-state index in [1.54, 1.807) is 16.9 Å². The van der Waals surface area contributed by atoms with E-state index in [1.165, 1.54) is 18.4 Å². The summed E-state index contributed by atoms with van der Waals surface area (Å²) in [6.07, 6.45) is 3.41. The molecular weight excluding hydrogens is 436 g/mol. The number of fused-ring (bicyclic) bond motifs is 1. The average molecular weight is 463 g/mol. The van der Waals surface area contributed by atoms with Crippen LogP contribution in [-0.2, 0) is 11.2 Å². The first-order chi connectivity index (χ1) is 15.9. The van der Waals surface area contributed by atoms with Crippen LogP contribution in [0.3, 0.4) is 0 Å². The van der Waals surface area contributed by atoms with Gasteiger partial charge < -0.3 is 10.1 Å². The number of ether oxygens (including phenoxy) is 1. The normalized spacial score (nSPS) is 11.0. The standard InChI is InChI=1S/C26H27ClN4O2/c1-4-5-8-19-10-12-20(13-11-19)31-29-23-14-21(27)22(15-24(23)30-31)28-26(32)16-33-25-9-6-7-17(2)18(25)3/h6-7,9-15H,4-5,8,16H2,1-3H3,(H,28,32). The first-order valence-corrected chi connectivity index (χ1v) is 11.5. The first kappa shape index (κ1) is 22.8. The van der Waals surface area contributed by atoms with Crippen molar-refractivity contribution in [2.24, 2.45) is 0 Å². The Labute approximate surface area is 198 Å². The Bertz CT molecular complexity index is 1280. The zero-order valence-corrected chi connectivity index (χ0v) is 19.8. The molecule has 0 aliphatic rings. The Morgan fingerprint density at radius 1 is 1.06 bits per heavy atom. The van der Waals surface area contributed by atoms with Crippen LogP contribution in [0.5, 0.6) is 5.75 Å². The highest BCUT2D eigenvalue weighted by Gasteiger charge is 2.13. The predicted molar refractivity (Wildman–Crippen MR) is 133 cm³/mol. The Hall–Kier alpha value is -3.38. The van der Waals surface area contributed by atoms with Gasteiger partial charge in [-0.1, -0.05) is 49.2 Å². The van der Waals surface area contributed by atoms with E-state index in [0.29, 0.717) is 27.5 Å². The molecule has 0 unspecified atom stereocenters. The summed E-state index contributed by atoms with van der Waals surface area (Å²) in [5.41, 5.74) is 6.06. The van der Waals surface area contributed by atoms with Gasteiger partial charge in [-0.05, 0) is 73.7 Å². The number of unbranched alkanes of at least 4 members (excludes halogenated alkanes) is 1. The van der Waals surface area contributed by atoms with E-state index in [-0.39, 0.29) is 12.5 Å². The number of hydrogen-bond donors (Lipinski definition) is 1. The smallest absolute Gasteiger partial charge is 0.262 e. The molecule has 33 heavy (non-hydrogen) atoms. The molecule has 4 aromatic rings. The Balaban J connectivity index is 1.47. The third-order valence-corrected chi connectivity index (χ3v) is 5.96. The SMILES string of the molecule is CCCCc1ccc(-n2nc3cc(Cl)c(NC(=O)COc4cccc(C)c4C)cc3n2)cc1. The number of nitrogens with one attached hydrogen (secondary N) is 1. The summed E-state index contributed by atoms with van der Waals surface area (Å²) < 4.78 is 5.69. The van der Waals surface area contributed by atoms with Crippen LogP contribution < -0.4 is 10.1 Å². The van der Waals surface area contributed by atoms with Gasteiger partial charge in [0.25, 0.3) is 5.91 Å². The molecule has 1 heterocycles. The fourth-order valence-corrected chi connectivity index (χ4v) is 3.74. The maximum absolute atomic E-state index is 12.5. The molecule has 1 amide bonds. The van der Waals surface area contributed by atoms with Crippen LogP contribution >= 0.6 is 11.6 Å². The van der Waals surface area contributed by atoms with Crippen LogP contribution in [0.1, 0.15) is 36.5 Å². The molecule has 1 N–H and O–H groups in total. The van der Waals surface area contributed by atoms with E-state index in [2.05, 4.69) is 34.6 Å². The van der Waals surface area contributed by atoms with Gasteiger partial charge in [0.15, 0.2) is 6.61 Å². The topological polar surface area (TPSA) is 69.0 Å². The van der Waals surface area contributed by atoms with Crippen LogP contribution in [0.2, 0.25) is 5.02 Å². The van der Waals surface area contributed by atoms with Gasteiger partial charge in [-0.15, -0.1) is 10.2 Å². The number of aryl methyl sites for hydroxylation is 2. The van der Waals surface area contributed by atoms with Crippen LogP contribution in [0, 0.1) is 13.8 Å². The second-order valence-corrected chi connectivity index (χ2v) is 8.52. The van der Waals surface area contributed by atoms with E-state index in [0.717, 1.165) is 23.2 Å². The molecule has 0 spiro atoms. The molecule has 0 aliphatic carbocycles. The number of anilines is 1. The van der Waals surface area contributed by atoms with Gasteiger partial charge in [0.05, 0.1) is 16.4 Å². The monoisotopic (exact) mass is 462 g/mol. The lowest BCUT2D eigenvalue weighted by atomic mass is 10.1. The minimum Gasteiger partial charge on any atom is -0.483 e. The number of carbonyl (C=O) groups is 1. The summed E-state index contributed by atoms with van der Waals surface area (Å²) in [4.78, 5) is 14.1. The van der Waals surface area contributed by atoms with E-state index in [9.17, 15) is 4.79 Å². The van der Waals surface area contributed by atoms with Crippen molar-refractivity contribution >= 4 is 34.2 Å².